The molecule has 4 nitrogen and oxygen atoms in total. The summed E-state index contributed by atoms with van der Waals surface area (Å²) >= 11 is 0. The van der Waals surface area contributed by atoms with Gasteiger partial charge in [0, 0.05) is 17.5 Å². The van der Waals surface area contributed by atoms with Gasteiger partial charge >= 0.3 is 21.1 Å². The van der Waals surface area contributed by atoms with Crippen LogP contribution in [-0.4, -0.2) is 15.9 Å². The number of hydrogen-bond donors (Lipinski definition) is 1. The van der Waals surface area contributed by atoms with E-state index in [1.54, 1.807) is 6.07 Å². The molecule has 0 radical (unpaired) electrons. The summed E-state index contributed by atoms with van der Waals surface area (Å²) in [5, 5.41) is 24.3. The summed E-state index contributed by atoms with van der Waals surface area (Å²) in [4.78, 5) is 6.63. The van der Waals surface area contributed by atoms with Crippen molar-refractivity contribution in [2.24, 2.45) is 0 Å². The quantitative estimate of drug-likeness (QED) is 0.101. The second-order valence-corrected chi connectivity index (χ2v) is 15.8. The first kappa shape index (κ1) is 38.8. The second kappa shape index (κ2) is 15.1. The number of pyridine rings is 1. The Balaban J connectivity index is 0.00000562. The standard InChI is InChI=1S/C45H51N3O.Pt/c1-28(2)34-17-14-18-35(29(3)4)41(34)48(43(46)37-20-15-21-38(42(37)49)45(9,10)11)40-23-16-19-36(30(40)5)31-25-32(39-22-12-13-24-47-39)27-33(26-31)44(6,7)8;/h12-24,26-29,49H,1-11H3;/q-2;+2. The molecule has 5 heteroatoms. The number of rotatable bonds is 7. The molecule has 0 saturated carbocycles. The Hall–Kier alpha value is -4.01. The monoisotopic (exact) mass is 844 g/mol. The van der Waals surface area contributed by atoms with Crippen molar-refractivity contribution in [3.8, 4) is 28.1 Å². The number of nitrogens with zero attached hydrogens (tertiary/aromatic N) is 3. The van der Waals surface area contributed by atoms with E-state index in [0.717, 1.165) is 56.0 Å². The summed E-state index contributed by atoms with van der Waals surface area (Å²) in [5.41, 5.74) is 10.7. The Bertz CT molecular complexity index is 1950. The van der Waals surface area contributed by atoms with Gasteiger partial charge < -0.3 is 15.4 Å². The number of para-hydroxylation sites is 2. The zero-order valence-corrected chi connectivity index (χ0v) is 33.7. The van der Waals surface area contributed by atoms with Gasteiger partial charge in [-0.1, -0.05) is 153 Å². The van der Waals surface area contributed by atoms with Crippen molar-refractivity contribution >= 4 is 17.2 Å². The average molecular weight is 845 g/mol. The van der Waals surface area contributed by atoms with Crippen LogP contribution in [0.1, 0.15) is 114 Å². The van der Waals surface area contributed by atoms with E-state index in [1.807, 2.05) is 41.4 Å². The molecule has 5 aromatic rings. The van der Waals surface area contributed by atoms with Crippen molar-refractivity contribution in [1.29, 1.82) is 0 Å². The van der Waals surface area contributed by atoms with E-state index < -0.39 is 0 Å². The van der Waals surface area contributed by atoms with E-state index in [9.17, 15) is 10.5 Å². The van der Waals surface area contributed by atoms with Crippen LogP contribution < -0.4 is 4.90 Å². The maximum absolute atomic E-state index is 12.6. The van der Waals surface area contributed by atoms with Crippen LogP contribution >= 0.6 is 0 Å². The molecule has 0 aliphatic heterocycles. The van der Waals surface area contributed by atoms with Gasteiger partial charge in [-0.05, 0) is 69.6 Å². The number of hydrogen-bond acceptors (Lipinski definition) is 2. The van der Waals surface area contributed by atoms with Gasteiger partial charge in [0.05, 0.1) is 0 Å². The van der Waals surface area contributed by atoms with E-state index >= 15 is 0 Å². The number of phenols is 1. The number of benzene rings is 4. The molecule has 0 atom stereocenters. The SMILES string of the molecule is Cc1c(-c2[c-]c(-c3ccccn3)cc(C(C)(C)C)c2)cccc1N(C(=[N-])c1cccc(C(C)(C)C)c1O)c1c(C(C)C)cccc1C(C)C.[Pt+2]. The Kier molecular flexibility index (Phi) is 11.7. The summed E-state index contributed by atoms with van der Waals surface area (Å²) in [6.45, 7) is 23.7. The Labute approximate surface area is 314 Å². The van der Waals surface area contributed by atoms with Gasteiger partial charge in [0.15, 0.2) is 0 Å². The average Bonchev–Trinajstić information content (AvgIpc) is 3.04. The van der Waals surface area contributed by atoms with Gasteiger partial charge in [-0.3, -0.25) is 4.98 Å². The Morgan fingerprint density at radius 2 is 1.36 bits per heavy atom. The Morgan fingerprint density at radius 1 is 0.760 bits per heavy atom. The number of amidine groups is 1. The molecular formula is C45H51N3OPt. The molecule has 0 amide bonds. The number of aromatic nitrogens is 1. The van der Waals surface area contributed by atoms with Crippen molar-refractivity contribution in [3.63, 3.8) is 0 Å². The topological polar surface area (TPSA) is 58.7 Å². The Morgan fingerprint density at radius 3 is 1.92 bits per heavy atom. The molecule has 1 aromatic heterocycles. The van der Waals surface area contributed by atoms with E-state index in [-0.39, 0.29) is 55.3 Å². The third-order valence-corrected chi connectivity index (χ3v) is 9.37. The fraction of sp³-hybridized carbons (Fsp3) is 0.333. The van der Waals surface area contributed by atoms with Crippen molar-refractivity contribution in [1.82, 2.24) is 4.98 Å². The molecule has 262 valence electrons. The van der Waals surface area contributed by atoms with Crippen LogP contribution in [0.25, 0.3) is 27.8 Å². The molecule has 0 fully saturated rings. The minimum Gasteiger partial charge on any atom is -0.507 e. The van der Waals surface area contributed by atoms with E-state index in [0.29, 0.717) is 5.56 Å². The zero-order chi connectivity index (χ0) is 35.8. The smallest absolute Gasteiger partial charge is 0.507 e. The number of aromatic hydroxyl groups is 1. The zero-order valence-electron chi connectivity index (χ0n) is 31.4. The first-order valence-electron chi connectivity index (χ1n) is 17.4. The van der Waals surface area contributed by atoms with Crippen LogP contribution in [-0.2, 0) is 31.9 Å². The largest absolute Gasteiger partial charge is 2.00 e. The fourth-order valence-electron chi connectivity index (χ4n) is 6.53. The van der Waals surface area contributed by atoms with Gasteiger partial charge in [0.2, 0.25) is 0 Å². The number of anilines is 2. The van der Waals surface area contributed by atoms with Crippen molar-refractivity contribution in [3.05, 3.63) is 136 Å². The molecule has 5 rings (SSSR count). The predicted molar refractivity (Wildman–Crippen MR) is 208 cm³/mol. The third kappa shape index (κ3) is 7.82. The first-order chi connectivity index (χ1) is 23.0. The van der Waals surface area contributed by atoms with Crippen LogP contribution in [0.4, 0.5) is 11.4 Å². The van der Waals surface area contributed by atoms with E-state index in [4.69, 9.17) is 0 Å². The summed E-state index contributed by atoms with van der Waals surface area (Å²) in [6.07, 6.45) is 1.82. The third-order valence-electron chi connectivity index (χ3n) is 9.37. The minimum absolute atomic E-state index is 0. The minimum atomic E-state index is -0.320. The van der Waals surface area contributed by atoms with Gasteiger partial charge in [-0.15, -0.1) is 29.3 Å². The molecule has 0 bridgehead atoms. The summed E-state index contributed by atoms with van der Waals surface area (Å²) in [6, 6.07) is 32.4. The van der Waals surface area contributed by atoms with Crippen LogP contribution in [0.15, 0.2) is 91.1 Å². The van der Waals surface area contributed by atoms with Gasteiger partial charge in [0.25, 0.3) is 0 Å². The van der Waals surface area contributed by atoms with E-state index in [1.165, 1.54) is 5.56 Å². The van der Waals surface area contributed by atoms with Crippen molar-refractivity contribution in [2.45, 2.75) is 98.8 Å². The molecule has 0 saturated heterocycles. The summed E-state index contributed by atoms with van der Waals surface area (Å²) in [5.74, 6) is 0.436. The molecule has 1 heterocycles. The van der Waals surface area contributed by atoms with Crippen molar-refractivity contribution < 1.29 is 26.2 Å². The second-order valence-electron chi connectivity index (χ2n) is 15.8. The molecule has 4 aromatic carbocycles. The summed E-state index contributed by atoms with van der Waals surface area (Å²) < 4.78 is 0. The molecule has 50 heavy (non-hydrogen) atoms. The van der Waals surface area contributed by atoms with E-state index in [2.05, 4.69) is 136 Å². The molecular weight excluding hydrogens is 794 g/mol. The summed E-state index contributed by atoms with van der Waals surface area (Å²) in [7, 11) is 0. The van der Waals surface area contributed by atoms with Crippen LogP contribution in [0.5, 0.6) is 5.75 Å². The molecule has 1 N–H and O–H groups in total. The molecule has 0 unspecified atom stereocenters. The van der Waals surface area contributed by atoms with Gasteiger partial charge in [0.1, 0.15) is 5.75 Å². The first-order valence-corrected chi connectivity index (χ1v) is 17.4. The molecule has 0 aliphatic rings. The van der Waals surface area contributed by atoms with Gasteiger partial charge in [-0.25, -0.2) is 0 Å². The maximum Gasteiger partial charge on any atom is 2.00 e. The molecule has 0 aliphatic carbocycles. The molecule has 0 spiro atoms. The van der Waals surface area contributed by atoms with Gasteiger partial charge in [-0.2, -0.15) is 0 Å². The van der Waals surface area contributed by atoms with Crippen molar-refractivity contribution in [2.75, 3.05) is 4.90 Å². The van der Waals surface area contributed by atoms with Crippen LogP contribution in [0, 0.1) is 13.0 Å². The number of phenolic OH excluding ortho intramolecular Hbond substituents is 1. The normalized spacial score (nSPS) is 11.9. The maximum atomic E-state index is 12.6. The predicted octanol–water partition coefficient (Wildman–Crippen LogP) is 12.2. The van der Waals surface area contributed by atoms with Crippen LogP contribution in [0.3, 0.4) is 0 Å². The fourth-order valence-corrected chi connectivity index (χ4v) is 6.53. The van der Waals surface area contributed by atoms with Crippen LogP contribution in [0.2, 0.25) is 0 Å².